The fourth-order valence-electron chi connectivity index (χ4n) is 4.67. The minimum absolute atomic E-state index is 0.00954. The summed E-state index contributed by atoms with van der Waals surface area (Å²) in [5, 5.41) is 10.8. The van der Waals surface area contributed by atoms with Crippen molar-refractivity contribution in [2.45, 2.75) is 32.4 Å². The Morgan fingerprint density at radius 1 is 0.756 bits per heavy atom. The van der Waals surface area contributed by atoms with Crippen molar-refractivity contribution < 1.29 is 18.7 Å². The summed E-state index contributed by atoms with van der Waals surface area (Å²) in [5.74, 6) is 1.69. The number of oxazole rings is 2. The van der Waals surface area contributed by atoms with E-state index in [1.165, 1.54) is 10.8 Å². The van der Waals surface area contributed by atoms with Crippen LogP contribution in [0.1, 0.15) is 51.2 Å². The second-order valence-electron chi connectivity index (χ2n) is 10.3. The van der Waals surface area contributed by atoms with Crippen LogP contribution in [-0.2, 0) is 26.0 Å². The van der Waals surface area contributed by atoms with Crippen LogP contribution in [0.4, 0.5) is 0 Å². The van der Waals surface area contributed by atoms with Crippen LogP contribution >= 0.6 is 11.3 Å². The molecule has 0 amide bonds. The lowest BCUT2D eigenvalue weighted by Crippen LogP contribution is -2.13. The zero-order valence-electron chi connectivity index (χ0n) is 24.4. The summed E-state index contributed by atoms with van der Waals surface area (Å²) in [6.07, 6.45) is 12.7. The smallest absolute Gasteiger partial charge is 0.310 e. The summed E-state index contributed by atoms with van der Waals surface area (Å²) >= 11 is 1.07. The van der Waals surface area contributed by atoms with Gasteiger partial charge in [-0.3, -0.25) is 9.36 Å². The van der Waals surface area contributed by atoms with Gasteiger partial charge in [-0.15, -0.1) is 0 Å². The minimum Gasteiger partial charge on any atom is -0.494 e. The van der Waals surface area contributed by atoms with Gasteiger partial charge in [-0.2, -0.15) is 0 Å². The van der Waals surface area contributed by atoms with Gasteiger partial charge in [0.1, 0.15) is 30.6 Å². The highest BCUT2D eigenvalue weighted by Gasteiger charge is 2.15. The Labute approximate surface area is 264 Å². The molecule has 3 heterocycles. The van der Waals surface area contributed by atoms with Crippen molar-refractivity contribution >= 4 is 35.6 Å². The maximum atomic E-state index is 12.6. The number of thiazole rings is 1. The van der Waals surface area contributed by atoms with Crippen molar-refractivity contribution in [3.63, 3.8) is 0 Å². The fraction of sp³-hybridized carbons (Fsp3) is 0.139. The van der Waals surface area contributed by atoms with Gasteiger partial charge >= 0.3 is 4.87 Å². The van der Waals surface area contributed by atoms with Crippen molar-refractivity contribution in [3.05, 3.63) is 152 Å². The lowest BCUT2D eigenvalue weighted by molar-refractivity contribution is 0.301. The third kappa shape index (κ3) is 8.16. The van der Waals surface area contributed by atoms with Crippen LogP contribution in [0.3, 0.4) is 0 Å². The number of aromatic hydroxyl groups is 1. The number of nitrogens with zero attached hydrogens (tertiary/aromatic N) is 3. The molecule has 0 atom stereocenters. The molecule has 0 aliphatic heterocycles. The summed E-state index contributed by atoms with van der Waals surface area (Å²) in [4.78, 5) is 22.0. The molecule has 0 unspecified atom stereocenters. The average molecular weight is 618 g/mol. The lowest BCUT2D eigenvalue weighted by Gasteiger charge is -2.06. The van der Waals surface area contributed by atoms with Crippen LogP contribution in [0.2, 0.25) is 0 Å². The molecule has 8 nitrogen and oxygen atoms in total. The molecule has 0 aliphatic rings. The largest absolute Gasteiger partial charge is 0.494 e. The molecule has 226 valence electrons. The summed E-state index contributed by atoms with van der Waals surface area (Å²) in [6, 6.07) is 27.7. The number of ether oxygens (including phenoxy) is 1. The van der Waals surface area contributed by atoms with E-state index in [0.29, 0.717) is 41.1 Å². The van der Waals surface area contributed by atoms with Crippen molar-refractivity contribution in [1.82, 2.24) is 14.5 Å². The normalized spacial score (nSPS) is 11.6. The van der Waals surface area contributed by atoms with Gasteiger partial charge in [-0.1, -0.05) is 84.1 Å². The van der Waals surface area contributed by atoms with Gasteiger partial charge in [-0.25, -0.2) is 9.97 Å². The summed E-state index contributed by atoms with van der Waals surface area (Å²) in [5.41, 5.74) is 4.52. The molecule has 3 aromatic carbocycles. The zero-order valence-corrected chi connectivity index (χ0v) is 25.2. The van der Waals surface area contributed by atoms with Gasteiger partial charge in [-0.05, 0) is 60.2 Å². The van der Waals surface area contributed by atoms with Crippen LogP contribution in [-0.4, -0.2) is 19.6 Å². The van der Waals surface area contributed by atoms with E-state index in [9.17, 15) is 9.90 Å². The molecule has 0 saturated heterocycles. The first kappa shape index (κ1) is 29.7. The van der Waals surface area contributed by atoms with Gasteiger partial charge in [0.05, 0.1) is 17.1 Å². The van der Waals surface area contributed by atoms with Gasteiger partial charge in [0.25, 0.3) is 0 Å². The van der Waals surface area contributed by atoms with Crippen LogP contribution in [0, 0.1) is 0 Å². The third-order valence-corrected chi connectivity index (χ3v) is 8.04. The highest BCUT2D eigenvalue weighted by Crippen LogP contribution is 2.24. The fourth-order valence-corrected chi connectivity index (χ4v) is 5.59. The SMILES string of the molecule is O=c1sc(CCCc2ccc(OCc3coc(C=Cc4ccccc4)n3)cc2)c(O)n1Cc1coc(C=Cc2ccccc2)n1. The van der Waals surface area contributed by atoms with E-state index in [1.807, 2.05) is 103 Å². The molecule has 0 radical (unpaired) electrons. The number of hydrogen-bond acceptors (Lipinski definition) is 8. The third-order valence-electron chi connectivity index (χ3n) is 7.01. The second kappa shape index (κ2) is 14.4. The number of aryl methyl sites for hydroxylation is 2. The molecule has 6 aromatic rings. The van der Waals surface area contributed by atoms with Crippen molar-refractivity contribution in [2.75, 3.05) is 0 Å². The van der Waals surface area contributed by atoms with Crippen LogP contribution in [0.25, 0.3) is 24.3 Å². The van der Waals surface area contributed by atoms with E-state index in [4.69, 9.17) is 13.6 Å². The molecule has 45 heavy (non-hydrogen) atoms. The molecular formula is C36H31N3O5S. The molecule has 3 aromatic heterocycles. The van der Waals surface area contributed by atoms with Crippen LogP contribution < -0.4 is 9.61 Å². The maximum absolute atomic E-state index is 12.6. The monoisotopic (exact) mass is 617 g/mol. The van der Waals surface area contributed by atoms with Gasteiger partial charge in [0.2, 0.25) is 17.7 Å². The Morgan fingerprint density at radius 2 is 1.36 bits per heavy atom. The van der Waals surface area contributed by atoms with Crippen molar-refractivity contribution in [3.8, 4) is 11.6 Å². The van der Waals surface area contributed by atoms with E-state index in [-0.39, 0.29) is 17.3 Å². The quantitative estimate of drug-likeness (QED) is 0.141. The predicted molar refractivity (Wildman–Crippen MR) is 176 cm³/mol. The molecule has 1 N–H and O–H groups in total. The Kier molecular flexibility index (Phi) is 9.47. The number of hydrogen-bond donors (Lipinski definition) is 1. The first-order valence-electron chi connectivity index (χ1n) is 14.6. The molecule has 9 heteroatoms. The molecule has 0 fully saturated rings. The summed E-state index contributed by atoms with van der Waals surface area (Å²) in [7, 11) is 0. The van der Waals surface area contributed by atoms with Crippen molar-refractivity contribution in [2.24, 2.45) is 0 Å². The Morgan fingerprint density at radius 3 is 2.00 bits per heavy atom. The summed E-state index contributed by atoms with van der Waals surface area (Å²) in [6.45, 7) is 0.447. The number of aromatic nitrogens is 3. The molecule has 0 bridgehead atoms. The standard InChI is InChI=1S/C36H31N3O5S/c40-35-32(45-36(41)39(35)22-29-23-43-33(37-29)20-16-26-8-3-1-4-9-26)13-7-12-28-14-18-31(19-15-28)42-24-30-25-44-34(38-30)21-17-27-10-5-2-6-11-27/h1-6,8-11,14-21,23,25,40H,7,12-13,22,24H2. The van der Waals surface area contributed by atoms with Gasteiger partial charge < -0.3 is 18.7 Å². The number of benzene rings is 3. The maximum Gasteiger partial charge on any atom is 0.310 e. The van der Waals surface area contributed by atoms with Crippen molar-refractivity contribution in [1.29, 1.82) is 0 Å². The molecule has 0 saturated carbocycles. The molecule has 0 spiro atoms. The number of rotatable bonds is 13. The zero-order chi connectivity index (χ0) is 30.8. The van der Waals surface area contributed by atoms with E-state index in [1.54, 1.807) is 12.3 Å². The van der Waals surface area contributed by atoms with Crippen LogP contribution in [0.5, 0.6) is 11.6 Å². The average Bonchev–Trinajstić information content (AvgIpc) is 3.80. The van der Waals surface area contributed by atoms with E-state index >= 15 is 0 Å². The molecular weight excluding hydrogens is 586 g/mol. The van der Waals surface area contributed by atoms with Gasteiger partial charge in [0, 0.05) is 12.2 Å². The first-order valence-corrected chi connectivity index (χ1v) is 15.4. The Hall–Kier alpha value is -5.41. The van der Waals surface area contributed by atoms with E-state index < -0.39 is 0 Å². The van der Waals surface area contributed by atoms with E-state index in [0.717, 1.165) is 46.6 Å². The Bertz CT molecular complexity index is 1930. The van der Waals surface area contributed by atoms with E-state index in [2.05, 4.69) is 9.97 Å². The van der Waals surface area contributed by atoms with Gasteiger partial charge in [0.15, 0.2) is 0 Å². The van der Waals surface area contributed by atoms with Crippen LogP contribution in [0.15, 0.2) is 111 Å². The summed E-state index contributed by atoms with van der Waals surface area (Å²) < 4.78 is 18.3. The highest BCUT2D eigenvalue weighted by molar-refractivity contribution is 7.09. The highest BCUT2D eigenvalue weighted by atomic mass is 32.1. The first-order chi connectivity index (χ1) is 22.1. The predicted octanol–water partition coefficient (Wildman–Crippen LogP) is 7.73. The second-order valence-corrected chi connectivity index (χ2v) is 11.4. The molecule has 0 aliphatic carbocycles. The molecule has 6 rings (SSSR count). The lowest BCUT2D eigenvalue weighted by atomic mass is 10.1. The minimum atomic E-state index is -0.222. The topological polar surface area (TPSA) is 104 Å². The Balaban J connectivity index is 0.964.